The molecule has 0 aliphatic carbocycles. The van der Waals surface area contributed by atoms with Gasteiger partial charge in [-0.05, 0) is 34.2 Å². The summed E-state index contributed by atoms with van der Waals surface area (Å²) in [5.74, 6) is -2.15. The van der Waals surface area contributed by atoms with E-state index in [1.807, 2.05) is 86.6 Å². The summed E-state index contributed by atoms with van der Waals surface area (Å²) < 4.78 is 0. The quantitative estimate of drug-likeness (QED) is 0.228. The Hall–Kier alpha value is -3.75. The van der Waals surface area contributed by atoms with Gasteiger partial charge in [-0.2, -0.15) is 0 Å². The highest BCUT2D eigenvalue weighted by atomic mass is 16.6. The minimum atomic E-state index is -0.929. The third-order valence-electron chi connectivity index (χ3n) is 5.82. The Morgan fingerprint density at radius 1 is 0.861 bits per heavy atom. The van der Waals surface area contributed by atoms with Gasteiger partial charge in [-0.15, -0.1) is 0 Å². The summed E-state index contributed by atoms with van der Waals surface area (Å²) in [4.78, 5) is 43.4. The molecule has 0 saturated heterocycles. The van der Waals surface area contributed by atoms with Crippen LogP contribution in [-0.2, 0) is 32.2 Å². The molecule has 3 amide bonds. The smallest absolute Gasteiger partial charge is 0.266 e. The first-order chi connectivity index (χ1) is 17.4. The molecule has 0 unspecified atom stereocenters. The minimum Gasteiger partial charge on any atom is -0.344 e. The molecule has 2 atom stereocenters. The Balaban J connectivity index is 1.75. The van der Waals surface area contributed by atoms with Crippen molar-refractivity contribution in [3.05, 3.63) is 83.9 Å². The van der Waals surface area contributed by atoms with E-state index in [9.17, 15) is 14.4 Å². The maximum absolute atomic E-state index is 13.1. The predicted molar refractivity (Wildman–Crippen MR) is 136 cm³/mol. The topological polar surface area (TPSA) is 117 Å². The number of hydrogen-bond acceptors (Lipinski definition) is 5. The zero-order chi connectivity index (χ0) is 25.9. The Bertz CT molecular complexity index is 1170. The summed E-state index contributed by atoms with van der Waals surface area (Å²) in [7, 11) is 0. The number of nitrogens with one attached hydrogen (secondary N) is 3. The van der Waals surface area contributed by atoms with E-state index in [2.05, 4.69) is 10.8 Å². The van der Waals surface area contributed by atoms with Gasteiger partial charge in [0.25, 0.3) is 5.91 Å². The average Bonchev–Trinajstić information content (AvgIpc) is 2.88. The third kappa shape index (κ3) is 8.18. The maximum Gasteiger partial charge on any atom is 0.266 e. The summed E-state index contributed by atoms with van der Waals surface area (Å²) in [6, 6.07) is 22.2. The number of amides is 3. The van der Waals surface area contributed by atoms with E-state index in [0.29, 0.717) is 6.42 Å². The van der Waals surface area contributed by atoms with Crippen LogP contribution in [0.2, 0.25) is 0 Å². The lowest BCUT2D eigenvalue weighted by Gasteiger charge is -2.23. The van der Waals surface area contributed by atoms with Gasteiger partial charge in [-0.25, -0.2) is 11.0 Å². The largest absolute Gasteiger partial charge is 0.344 e. The molecular weight excluding hydrogens is 458 g/mol. The summed E-state index contributed by atoms with van der Waals surface area (Å²) in [6.07, 6.45) is 0.473. The van der Waals surface area contributed by atoms with Gasteiger partial charge in [-0.1, -0.05) is 86.6 Å². The van der Waals surface area contributed by atoms with Crippen molar-refractivity contribution in [3.63, 3.8) is 0 Å². The molecule has 8 heteroatoms. The van der Waals surface area contributed by atoms with Crippen LogP contribution < -0.4 is 16.3 Å². The normalized spacial score (nSPS) is 12.7. The standard InChI is InChI=1S/C28H33N3O5/c1-19(2)14-24(17-26(32)30-35)27(33)29-25(28(34)31-36-18-20-8-4-3-5-9-20)16-21-12-13-22-10-6-7-11-23(22)15-21/h3-13,15,19,24-25,35H,14,16-18H2,1-2H3,(H,29,33)(H,30,32)(H,31,34)/t24-,25+/m0/s1. The van der Waals surface area contributed by atoms with E-state index >= 15 is 0 Å². The second kappa shape index (κ2) is 13.4. The van der Waals surface area contributed by atoms with E-state index in [0.717, 1.165) is 21.9 Å². The molecule has 0 saturated carbocycles. The summed E-state index contributed by atoms with van der Waals surface area (Å²) >= 11 is 0. The van der Waals surface area contributed by atoms with E-state index < -0.39 is 29.7 Å². The van der Waals surface area contributed by atoms with Crippen molar-refractivity contribution >= 4 is 28.5 Å². The van der Waals surface area contributed by atoms with Crippen molar-refractivity contribution in [2.75, 3.05) is 0 Å². The number of fused-ring (bicyclic) bond motifs is 1. The molecule has 0 fully saturated rings. The number of hydrogen-bond donors (Lipinski definition) is 4. The Morgan fingerprint density at radius 2 is 1.56 bits per heavy atom. The Kier molecular flexibility index (Phi) is 9.97. The van der Waals surface area contributed by atoms with Crippen LogP contribution in [0.15, 0.2) is 72.8 Å². The zero-order valence-corrected chi connectivity index (χ0v) is 20.6. The Labute approximate surface area is 210 Å². The maximum atomic E-state index is 13.1. The van der Waals surface area contributed by atoms with Crippen molar-refractivity contribution < 1.29 is 24.4 Å². The number of carbonyl (C=O) groups excluding carboxylic acids is 3. The van der Waals surface area contributed by atoms with Gasteiger partial charge in [0.1, 0.15) is 6.04 Å². The minimum absolute atomic E-state index is 0.134. The first-order valence-corrected chi connectivity index (χ1v) is 12.0. The third-order valence-corrected chi connectivity index (χ3v) is 5.82. The molecule has 0 aromatic heterocycles. The summed E-state index contributed by atoms with van der Waals surface area (Å²) in [5.41, 5.74) is 5.79. The average molecular weight is 492 g/mol. The van der Waals surface area contributed by atoms with E-state index in [-0.39, 0.29) is 25.4 Å². The van der Waals surface area contributed by atoms with Crippen LogP contribution in [0.4, 0.5) is 0 Å². The number of rotatable bonds is 12. The molecule has 0 aliphatic heterocycles. The molecule has 0 bridgehead atoms. The van der Waals surface area contributed by atoms with Gasteiger partial charge >= 0.3 is 0 Å². The molecule has 3 rings (SSSR count). The molecular formula is C28H33N3O5. The van der Waals surface area contributed by atoms with Crippen LogP contribution in [0, 0.1) is 11.8 Å². The van der Waals surface area contributed by atoms with Crippen LogP contribution in [0.5, 0.6) is 0 Å². The van der Waals surface area contributed by atoms with Crippen LogP contribution in [0.1, 0.15) is 37.8 Å². The van der Waals surface area contributed by atoms with Crippen LogP contribution >= 0.6 is 0 Å². The molecule has 0 radical (unpaired) electrons. The fourth-order valence-corrected chi connectivity index (χ4v) is 4.06. The molecule has 3 aromatic rings. The predicted octanol–water partition coefficient (Wildman–Crippen LogP) is 3.67. The summed E-state index contributed by atoms with van der Waals surface area (Å²) in [5, 5.41) is 13.8. The first kappa shape index (κ1) is 26.8. The molecule has 0 spiro atoms. The van der Waals surface area contributed by atoms with Gasteiger partial charge < -0.3 is 5.32 Å². The lowest BCUT2D eigenvalue weighted by atomic mass is 9.92. The molecule has 8 nitrogen and oxygen atoms in total. The monoisotopic (exact) mass is 491 g/mol. The first-order valence-electron chi connectivity index (χ1n) is 12.0. The van der Waals surface area contributed by atoms with Gasteiger partial charge in [-0.3, -0.25) is 24.4 Å². The zero-order valence-electron chi connectivity index (χ0n) is 20.6. The fraction of sp³-hybridized carbons (Fsp3) is 0.321. The molecule has 0 aliphatic rings. The highest BCUT2D eigenvalue weighted by Gasteiger charge is 2.28. The molecule has 3 aromatic carbocycles. The number of hydroxylamine groups is 2. The van der Waals surface area contributed by atoms with Crippen LogP contribution in [-0.4, -0.2) is 29.0 Å². The van der Waals surface area contributed by atoms with Crippen molar-refractivity contribution in [1.29, 1.82) is 0 Å². The van der Waals surface area contributed by atoms with Crippen molar-refractivity contribution in [2.24, 2.45) is 11.8 Å². The van der Waals surface area contributed by atoms with Crippen molar-refractivity contribution in [2.45, 2.75) is 45.8 Å². The lowest BCUT2D eigenvalue weighted by Crippen LogP contribution is -2.50. The van der Waals surface area contributed by atoms with Crippen molar-refractivity contribution in [3.8, 4) is 0 Å². The highest BCUT2D eigenvalue weighted by molar-refractivity contribution is 5.90. The number of carbonyl (C=O) groups is 3. The molecule has 0 heterocycles. The van der Waals surface area contributed by atoms with E-state index in [1.54, 1.807) is 5.48 Å². The Morgan fingerprint density at radius 3 is 2.25 bits per heavy atom. The van der Waals surface area contributed by atoms with Crippen molar-refractivity contribution in [1.82, 2.24) is 16.3 Å². The van der Waals surface area contributed by atoms with Gasteiger partial charge in [0, 0.05) is 18.8 Å². The molecule has 36 heavy (non-hydrogen) atoms. The van der Waals surface area contributed by atoms with Gasteiger partial charge in [0.05, 0.1) is 6.61 Å². The lowest BCUT2D eigenvalue weighted by molar-refractivity contribution is -0.141. The highest BCUT2D eigenvalue weighted by Crippen LogP contribution is 2.19. The summed E-state index contributed by atoms with van der Waals surface area (Å²) in [6.45, 7) is 4.05. The fourth-order valence-electron chi connectivity index (χ4n) is 4.06. The van der Waals surface area contributed by atoms with Crippen LogP contribution in [0.25, 0.3) is 10.8 Å². The van der Waals surface area contributed by atoms with E-state index in [1.165, 1.54) is 0 Å². The van der Waals surface area contributed by atoms with Gasteiger partial charge in [0.2, 0.25) is 11.8 Å². The second-order valence-electron chi connectivity index (χ2n) is 9.25. The number of benzene rings is 3. The molecule has 4 N–H and O–H groups in total. The van der Waals surface area contributed by atoms with E-state index in [4.69, 9.17) is 10.0 Å². The second-order valence-corrected chi connectivity index (χ2v) is 9.25. The SMILES string of the molecule is CC(C)C[C@@H](CC(=O)NO)C(=O)N[C@H](Cc1ccc2ccccc2c1)C(=O)NOCc1ccccc1. The molecule has 190 valence electrons. The van der Waals surface area contributed by atoms with Crippen LogP contribution in [0.3, 0.4) is 0 Å². The van der Waals surface area contributed by atoms with Gasteiger partial charge in [0.15, 0.2) is 0 Å².